The highest BCUT2D eigenvalue weighted by Gasteiger charge is 2.11. The van der Waals surface area contributed by atoms with Crippen molar-refractivity contribution in [3.63, 3.8) is 0 Å². The molecule has 1 heterocycles. The van der Waals surface area contributed by atoms with Crippen LogP contribution in [0.1, 0.15) is 11.3 Å². The number of benzene rings is 1. The molecular formula is C12H10BrNO3S. The average molecular weight is 328 g/mol. The number of nitrogens with zero attached hydrogens (tertiary/aromatic N) is 1. The number of hydrogen-bond donors (Lipinski definition) is 0. The summed E-state index contributed by atoms with van der Waals surface area (Å²) >= 11 is 3.13. The van der Waals surface area contributed by atoms with E-state index in [4.69, 9.17) is 4.42 Å². The third-order valence-corrected chi connectivity index (χ3v) is 3.91. The van der Waals surface area contributed by atoms with Gasteiger partial charge in [0, 0.05) is 0 Å². The molecule has 2 rings (SSSR count). The summed E-state index contributed by atoms with van der Waals surface area (Å²) in [6.07, 6.45) is 1.18. The van der Waals surface area contributed by atoms with Crippen molar-refractivity contribution >= 4 is 32.2 Å². The number of rotatable bonds is 3. The third kappa shape index (κ3) is 3.08. The summed E-state index contributed by atoms with van der Waals surface area (Å²) in [5.74, 6) is 0.373. The monoisotopic (exact) mass is 327 g/mol. The van der Waals surface area contributed by atoms with Crippen molar-refractivity contribution in [3.05, 3.63) is 52.4 Å². The first kappa shape index (κ1) is 13.0. The Bertz CT molecular complexity index is 672. The molecule has 0 amide bonds. The molecule has 0 aliphatic carbocycles. The first-order valence-electron chi connectivity index (χ1n) is 5.10. The molecule has 0 spiro atoms. The molecule has 0 saturated heterocycles. The van der Waals surface area contributed by atoms with Crippen LogP contribution in [0.25, 0.3) is 0 Å². The zero-order valence-electron chi connectivity index (χ0n) is 9.50. The van der Waals surface area contributed by atoms with Gasteiger partial charge in [0.1, 0.15) is 5.76 Å². The number of furan rings is 1. The van der Waals surface area contributed by atoms with E-state index < -0.39 is 10.0 Å². The molecule has 0 radical (unpaired) electrons. The fraction of sp³-hybridized carbons (Fsp3) is 0.0833. The number of aryl methyl sites for hydroxylation is 1. The Hall–Kier alpha value is -1.40. The van der Waals surface area contributed by atoms with Crippen LogP contribution >= 0.6 is 15.9 Å². The SMILES string of the molecule is Cc1ccc(S(=O)(=O)N=Cc2ccc(Br)o2)cc1. The predicted molar refractivity (Wildman–Crippen MR) is 72.4 cm³/mol. The molecule has 2 aromatic rings. The molecule has 1 aromatic heterocycles. The lowest BCUT2D eigenvalue weighted by atomic mass is 10.2. The van der Waals surface area contributed by atoms with Crippen LogP contribution in [0.2, 0.25) is 0 Å². The Labute approximate surface area is 114 Å². The average Bonchev–Trinajstić information content (AvgIpc) is 2.73. The summed E-state index contributed by atoms with van der Waals surface area (Å²) in [4.78, 5) is 0.162. The molecule has 0 aliphatic rings. The van der Waals surface area contributed by atoms with Crippen LogP contribution in [0.4, 0.5) is 0 Å². The molecule has 18 heavy (non-hydrogen) atoms. The van der Waals surface area contributed by atoms with Crippen molar-refractivity contribution < 1.29 is 12.8 Å². The van der Waals surface area contributed by atoms with Gasteiger partial charge in [-0.2, -0.15) is 12.8 Å². The first-order valence-corrected chi connectivity index (χ1v) is 7.33. The second kappa shape index (κ2) is 5.07. The van der Waals surface area contributed by atoms with E-state index >= 15 is 0 Å². The van der Waals surface area contributed by atoms with Crippen LogP contribution in [0.5, 0.6) is 0 Å². The lowest BCUT2D eigenvalue weighted by Gasteiger charge is -1.98. The van der Waals surface area contributed by atoms with E-state index in [9.17, 15) is 8.42 Å². The van der Waals surface area contributed by atoms with Crippen molar-refractivity contribution in [1.82, 2.24) is 0 Å². The minimum absolute atomic E-state index is 0.162. The summed E-state index contributed by atoms with van der Waals surface area (Å²) in [7, 11) is -3.67. The zero-order valence-corrected chi connectivity index (χ0v) is 11.9. The number of sulfonamides is 1. The van der Waals surface area contributed by atoms with Gasteiger partial charge in [0.15, 0.2) is 4.67 Å². The van der Waals surface area contributed by atoms with E-state index in [0.717, 1.165) is 5.56 Å². The van der Waals surface area contributed by atoms with Gasteiger partial charge in [0.25, 0.3) is 10.0 Å². The smallest absolute Gasteiger partial charge is 0.282 e. The molecule has 0 aliphatic heterocycles. The van der Waals surface area contributed by atoms with Crippen LogP contribution in [0, 0.1) is 6.92 Å². The van der Waals surface area contributed by atoms with Crippen LogP contribution in [-0.2, 0) is 10.0 Å². The fourth-order valence-corrected chi connectivity index (χ4v) is 2.45. The maximum Gasteiger partial charge on any atom is 0.282 e. The van der Waals surface area contributed by atoms with Crippen LogP contribution in [-0.4, -0.2) is 14.6 Å². The minimum Gasteiger partial charge on any atom is -0.448 e. The number of hydrogen-bond acceptors (Lipinski definition) is 3. The summed E-state index contributed by atoms with van der Waals surface area (Å²) in [5.41, 5.74) is 0.993. The molecular weight excluding hydrogens is 318 g/mol. The van der Waals surface area contributed by atoms with Crippen molar-refractivity contribution in [3.8, 4) is 0 Å². The third-order valence-electron chi connectivity index (χ3n) is 2.23. The maximum absolute atomic E-state index is 11.9. The van der Waals surface area contributed by atoms with Gasteiger partial charge in [-0.05, 0) is 47.1 Å². The molecule has 1 aromatic carbocycles. The van der Waals surface area contributed by atoms with Crippen molar-refractivity contribution in [2.24, 2.45) is 4.40 Å². The van der Waals surface area contributed by atoms with E-state index in [0.29, 0.717) is 10.4 Å². The Morgan fingerprint density at radius 1 is 1.17 bits per heavy atom. The van der Waals surface area contributed by atoms with E-state index in [1.165, 1.54) is 18.3 Å². The zero-order chi connectivity index (χ0) is 13.2. The second-order valence-electron chi connectivity index (χ2n) is 3.66. The molecule has 4 nitrogen and oxygen atoms in total. The lowest BCUT2D eigenvalue weighted by molar-refractivity contribution is 0.534. The van der Waals surface area contributed by atoms with Crippen molar-refractivity contribution in [2.75, 3.05) is 0 Å². The predicted octanol–water partition coefficient (Wildman–Crippen LogP) is 3.16. The standard InChI is InChI=1S/C12H10BrNO3S/c1-9-2-5-11(6-3-9)18(15,16)14-8-10-4-7-12(13)17-10/h2-8H,1H3. The minimum atomic E-state index is -3.67. The van der Waals surface area contributed by atoms with Gasteiger partial charge in [0.05, 0.1) is 11.1 Å². The molecule has 6 heteroatoms. The maximum atomic E-state index is 11.9. The van der Waals surface area contributed by atoms with Crippen LogP contribution < -0.4 is 0 Å². The van der Waals surface area contributed by atoms with E-state index in [-0.39, 0.29) is 4.90 Å². The second-order valence-corrected chi connectivity index (χ2v) is 6.08. The van der Waals surface area contributed by atoms with Gasteiger partial charge in [-0.3, -0.25) is 0 Å². The summed E-state index contributed by atoms with van der Waals surface area (Å²) in [6.45, 7) is 1.89. The van der Waals surface area contributed by atoms with Crippen LogP contribution in [0.15, 0.2) is 54.8 Å². The quantitative estimate of drug-likeness (QED) is 0.813. The molecule has 0 unspecified atom stereocenters. The molecule has 0 N–H and O–H groups in total. The molecule has 0 atom stereocenters. The van der Waals surface area contributed by atoms with Gasteiger partial charge < -0.3 is 4.42 Å². The van der Waals surface area contributed by atoms with E-state index in [1.54, 1.807) is 24.3 Å². The molecule has 0 bridgehead atoms. The largest absolute Gasteiger partial charge is 0.448 e. The first-order chi connectivity index (χ1) is 8.47. The van der Waals surface area contributed by atoms with Gasteiger partial charge in [-0.25, -0.2) is 0 Å². The lowest BCUT2D eigenvalue weighted by Crippen LogP contribution is -1.97. The molecule has 0 fully saturated rings. The highest BCUT2D eigenvalue weighted by atomic mass is 79.9. The highest BCUT2D eigenvalue weighted by Crippen LogP contribution is 2.15. The summed E-state index contributed by atoms with van der Waals surface area (Å²) in [6, 6.07) is 9.80. The van der Waals surface area contributed by atoms with E-state index in [2.05, 4.69) is 20.3 Å². The Morgan fingerprint density at radius 2 is 1.83 bits per heavy atom. The normalized spacial score (nSPS) is 12.1. The van der Waals surface area contributed by atoms with Crippen LogP contribution in [0.3, 0.4) is 0 Å². The summed E-state index contributed by atoms with van der Waals surface area (Å²) < 4.78 is 33.0. The number of halogens is 1. The van der Waals surface area contributed by atoms with Gasteiger partial charge in [-0.1, -0.05) is 17.7 Å². The fourth-order valence-electron chi connectivity index (χ4n) is 1.29. The molecule has 94 valence electrons. The van der Waals surface area contributed by atoms with Gasteiger partial charge in [-0.15, -0.1) is 0 Å². The Morgan fingerprint density at radius 3 is 2.39 bits per heavy atom. The summed E-state index contributed by atoms with van der Waals surface area (Å²) in [5, 5.41) is 0. The Balaban J connectivity index is 2.27. The topological polar surface area (TPSA) is 59.6 Å². The Kier molecular flexibility index (Phi) is 3.68. The van der Waals surface area contributed by atoms with Crippen molar-refractivity contribution in [2.45, 2.75) is 11.8 Å². The van der Waals surface area contributed by atoms with Crippen molar-refractivity contribution in [1.29, 1.82) is 0 Å². The molecule has 0 saturated carbocycles. The highest BCUT2D eigenvalue weighted by molar-refractivity contribution is 9.10. The van der Waals surface area contributed by atoms with Gasteiger partial charge in [0.2, 0.25) is 0 Å². The van der Waals surface area contributed by atoms with Gasteiger partial charge >= 0.3 is 0 Å². The van der Waals surface area contributed by atoms with E-state index in [1.807, 2.05) is 6.92 Å².